The molecule has 0 aromatic carbocycles. The van der Waals surface area contributed by atoms with Crippen LogP contribution in [0.3, 0.4) is 0 Å². The quantitative estimate of drug-likeness (QED) is 0.669. The van der Waals surface area contributed by atoms with Gasteiger partial charge >= 0.3 is 5.97 Å². The number of hydrogen-bond donors (Lipinski definition) is 1. The van der Waals surface area contributed by atoms with E-state index in [1.54, 1.807) is 6.92 Å². The van der Waals surface area contributed by atoms with Crippen LogP contribution in [0, 0.1) is 0 Å². The van der Waals surface area contributed by atoms with Crippen LogP contribution in [0.15, 0.2) is 0 Å². The van der Waals surface area contributed by atoms with Gasteiger partial charge in [-0.1, -0.05) is 13.3 Å². The Hall–Kier alpha value is -0.610. The highest BCUT2D eigenvalue weighted by atomic mass is 16.5. The van der Waals surface area contributed by atoms with E-state index in [9.17, 15) is 9.90 Å². The minimum atomic E-state index is -0.572. The lowest BCUT2D eigenvalue weighted by molar-refractivity contribution is -0.160. The topological polar surface area (TPSA) is 49.8 Å². The van der Waals surface area contributed by atoms with Crippen molar-refractivity contribution in [3.05, 3.63) is 0 Å². The molecule has 1 N–H and O–H groups in total. The molecule has 1 heterocycles. The lowest BCUT2D eigenvalue weighted by Crippen LogP contribution is -2.65. The van der Waals surface area contributed by atoms with Crippen molar-refractivity contribution in [1.29, 1.82) is 0 Å². The SMILES string of the molecule is CCCC1(O)CN(C(C)C(=O)OC)C1. The molecule has 4 heteroatoms. The Morgan fingerprint density at radius 1 is 1.64 bits per heavy atom. The van der Waals surface area contributed by atoms with E-state index in [0.29, 0.717) is 13.1 Å². The molecule has 0 aromatic heterocycles. The van der Waals surface area contributed by atoms with E-state index in [-0.39, 0.29) is 12.0 Å². The standard InChI is InChI=1S/C10H19NO3/c1-4-5-10(13)6-11(7-10)8(2)9(12)14-3/h8,13H,4-7H2,1-3H3. The third kappa shape index (κ3) is 2.25. The summed E-state index contributed by atoms with van der Waals surface area (Å²) in [5.41, 5.74) is -0.572. The first-order valence-corrected chi connectivity index (χ1v) is 5.06. The molecule has 82 valence electrons. The van der Waals surface area contributed by atoms with Crippen molar-refractivity contribution in [2.24, 2.45) is 0 Å². The molecular formula is C10H19NO3. The maximum atomic E-state index is 11.2. The summed E-state index contributed by atoms with van der Waals surface area (Å²) in [5, 5.41) is 9.89. The maximum Gasteiger partial charge on any atom is 0.322 e. The predicted molar refractivity (Wildman–Crippen MR) is 52.9 cm³/mol. The second-order valence-electron chi connectivity index (χ2n) is 4.08. The highest BCUT2D eigenvalue weighted by Crippen LogP contribution is 2.27. The first kappa shape index (κ1) is 11.5. The zero-order chi connectivity index (χ0) is 10.8. The summed E-state index contributed by atoms with van der Waals surface area (Å²) in [5.74, 6) is -0.233. The van der Waals surface area contributed by atoms with Crippen molar-refractivity contribution >= 4 is 5.97 Å². The molecule has 0 radical (unpaired) electrons. The van der Waals surface area contributed by atoms with Gasteiger partial charge in [0, 0.05) is 13.1 Å². The minimum Gasteiger partial charge on any atom is -0.468 e. The van der Waals surface area contributed by atoms with Gasteiger partial charge in [0.15, 0.2) is 0 Å². The molecule has 1 saturated heterocycles. The molecule has 0 bridgehead atoms. The lowest BCUT2D eigenvalue weighted by atomic mass is 9.88. The Kier molecular flexibility index (Phi) is 3.50. The number of esters is 1. The fourth-order valence-electron chi connectivity index (χ4n) is 1.93. The number of aliphatic hydroxyl groups is 1. The number of hydrogen-bond acceptors (Lipinski definition) is 4. The second kappa shape index (κ2) is 4.28. The summed E-state index contributed by atoms with van der Waals surface area (Å²) in [6.07, 6.45) is 1.77. The second-order valence-corrected chi connectivity index (χ2v) is 4.08. The summed E-state index contributed by atoms with van der Waals surface area (Å²) >= 11 is 0. The highest BCUT2D eigenvalue weighted by molar-refractivity contribution is 5.75. The largest absolute Gasteiger partial charge is 0.468 e. The number of β-amino-alcohol motifs (C(OH)–C–C–N with tert-alkyl or cyclic N) is 1. The van der Waals surface area contributed by atoms with Crippen LogP contribution in [0.5, 0.6) is 0 Å². The number of carbonyl (C=O) groups excluding carboxylic acids is 1. The van der Waals surface area contributed by atoms with Crippen molar-refractivity contribution in [3.8, 4) is 0 Å². The molecule has 0 aliphatic carbocycles. The normalized spacial score (nSPS) is 22.6. The number of nitrogens with zero attached hydrogens (tertiary/aromatic N) is 1. The van der Waals surface area contributed by atoms with Gasteiger partial charge in [0.2, 0.25) is 0 Å². The van der Waals surface area contributed by atoms with Gasteiger partial charge in [0.05, 0.1) is 12.7 Å². The van der Waals surface area contributed by atoms with Crippen molar-refractivity contribution in [2.75, 3.05) is 20.2 Å². The molecule has 1 fully saturated rings. The Morgan fingerprint density at radius 2 is 2.21 bits per heavy atom. The average Bonchev–Trinajstić information content (AvgIpc) is 2.12. The van der Waals surface area contributed by atoms with Gasteiger partial charge in [-0.15, -0.1) is 0 Å². The van der Waals surface area contributed by atoms with Crippen LogP contribution in [0.4, 0.5) is 0 Å². The van der Waals surface area contributed by atoms with Crippen molar-refractivity contribution in [1.82, 2.24) is 4.90 Å². The summed E-state index contributed by atoms with van der Waals surface area (Å²) in [4.78, 5) is 13.1. The number of likely N-dealkylation sites (tertiary alicyclic amines) is 1. The zero-order valence-corrected chi connectivity index (χ0v) is 9.12. The van der Waals surface area contributed by atoms with Gasteiger partial charge in [-0.05, 0) is 13.3 Å². The third-order valence-corrected chi connectivity index (χ3v) is 2.80. The van der Waals surface area contributed by atoms with Crippen LogP contribution < -0.4 is 0 Å². The molecule has 1 aliphatic heterocycles. The molecule has 0 aromatic rings. The molecular weight excluding hydrogens is 182 g/mol. The van der Waals surface area contributed by atoms with Crippen LogP contribution in [0.1, 0.15) is 26.7 Å². The smallest absolute Gasteiger partial charge is 0.322 e. The summed E-state index contributed by atoms with van der Waals surface area (Å²) in [6, 6.07) is -0.239. The van der Waals surface area contributed by atoms with Crippen LogP contribution >= 0.6 is 0 Å². The molecule has 1 unspecified atom stereocenters. The van der Waals surface area contributed by atoms with E-state index < -0.39 is 5.60 Å². The first-order chi connectivity index (χ1) is 6.52. The van der Waals surface area contributed by atoms with Gasteiger partial charge in [0.25, 0.3) is 0 Å². The van der Waals surface area contributed by atoms with E-state index >= 15 is 0 Å². The van der Waals surface area contributed by atoms with Crippen LogP contribution in [0.25, 0.3) is 0 Å². The van der Waals surface area contributed by atoms with Gasteiger partial charge in [-0.2, -0.15) is 0 Å². The van der Waals surface area contributed by atoms with Crippen LogP contribution in [-0.2, 0) is 9.53 Å². The van der Waals surface area contributed by atoms with Crippen molar-refractivity contribution < 1.29 is 14.6 Å². The molecule has 0 amide bonds. The van der Waals surface area contributed by atoms with Crippen molar-refractivity contribution in [3.63, 3.8) is 0 Å². The van der Waals surface area contributed by atoms with Gasteiger partial charge in [0.1, 0.15) is 6.04 Å². The lowest BCUT2D eigenvalue weighted by Gasteiger charge is -2.48. The first-order valence-electron chi connectivity index (χ1n) is 5.06. The molecule has 4 nitrogen and oxygen atoms in total. The molecule has 0 saturated carbocycles. The van der Waals surface area contributed by atoms with Crippen molar-refractivity contribution in [2.45, 2.75) is 38.3 Å². The Balaban J connectivity index is 2.36. The minimum absolute atomic E-state index is 0.233. The van der Waals surface area contributed by atoms with Crippen LogP contribution in [0.2, 0.25) is 0 Å². The number of rotatable bonds is 4. The molecule has 0 spiro atoms. The molecule has 14 heavy (non-hydrogen) atoms. The summed E-state index contributed by atoms with van der Waals surface area (Å²) < 4.78 is 4.63. The third-order valence-electron chi connectivity index (χ3n) is 2.80. The Labute approximate surface area is 84.8 Å². The predicted octanol–water partition coefficient (Wildman–Crippen LogP) is 0.395. The zero-order valence-electron chi connectivity index (χ0n) is 9.12. The Morgan fingerprint density at radius 3 is 2.64 bits per heavy atom. The van der Waals surface area contributed by atoms with E-state index in [1.165, 1.54) is 7.11 Å². The summed E-state index contributed by atoms with van der Waals surface area (Å²) in [6.45, 7) is 5.01. The maximum absolute atomic E-state index is 11.2. The number of methoxy groups -OCH3 is 1. The van der Waals surface area contributed by atoms with Gasteiger partial charge < -0.3 is 9.84 Å². The monoisotopic (exact) mass is 201 g/mol. The Bertz CT molecular complexity index is 211. The fourth-order valence-corrected chi connectivity index (χ4v) is 1.93. The van der Waals surface area contributed by atoms with Gasteiger partial charge in [-0.3, -0.25) is 9.69 Å². The van der Waals surface area contributed by atoms with E-state index in [4.69, 9.17) is 0 Å². The van der Waals surface area contributed by atoms with Crippen LogP contribution in [-0.4, -0.2) is 47.8 Å². The molecule has 1 rings (SSSR count). The van der Waals surface area contributed by atoms with E-state index in [2.05, 4.69) is 4.74 Å². The van der Waals surface area contributed by atoms with E-state index in [1.807, 2.05) is 11.8 Å². The molecule has 1 aliphatic rings. The number of carbonyl (C=O) groups is 1. The fraction of sp³-hybridized carbons (Fsp3) is 0.900. The summed E-state index contributed by atoms with van der Waals surface area (Å²) in [7, 11) is 1.39. The molecule has 1 atom stereocenters. The number of ether oxygens (including phenoxy) is 1. The van der Waals surface area contributed by atoms with Gasteiger partial charge in [-0.25, -0.2) is 0 Å². The highest BCUT2D eigenvalue weighted by Gasteiger charge is 2.43. The van der Waals surface area contributed by atoms with E-state index in [0.717, 1.165) is 12.8 Å². The average molecular weight is 201 g/mol.